The number of hydrogen-bond donors (Lipinski definition) is 1. The molecule has 0 radical (unpaired) electrons. The minimum absolute atomic E-state index is 0.0524. The molecule has 1 amide bonds. The lowest BCUT2D eigenvalue weighted by Crippen LogP contribution is -2.36. The highest BCUT2D eigenvalue weighted by Crippen LogP contribution is 2.32. The molecule has 2 saturated heterocycles. The van der Waals surface area contributed by atoms with Crippen LogP contribution in [0.2, 0.25) is 10.0 Å². The number of amides is 1. The minimum atomic E-state index is -3.97. The third-order valence-electron chi connectivity index (χ3n) is 5.75. The van der Waals surface area contributed by atoms with Crippen molar-refractivity contribution >= 4 is 50.5 Å². The zero-order chi connectivity index (χ0) is 22.0. The summed E-state index contributed by atoms with van der Waals surface area (Å²) in [5.74, 6) is -0.0524. The summed E-state index contributed by atoms with van der Waals surface area (Å²) >= 11 is 12.1. The van der Waals surface area contributed by atoms with Gasteiger partial charge in [-0.15, -0.1) is 0 Å². The Morgan fingerprint density at radius 1 is 0.871 bits per heavy atom. The molecular weight excluding hydrogens is 457 g/mol. The Kier molecular flexibility index (Phi) is 6.65. The van der Waals surface area contributed by atoms with Crippen molar-refractivity contribution in [3.8, 4) is 0 Å². The van der Waals surface area contributed by atoms with Crippen LogP contribution in [0.15, 0.2) is 41.3 Å². The fourth-order valence-electron chi connectivity index (χ4n) is 4.17. The molecule has 0 atom stereocenters. The first kappa shape index (κ1) is 22.2. The first-order chi connectivity index (χ1) is 14.8. The Balaban J connectivity index is 1.68. The van der Waals surface area contributed by atoms with Crippen molar-refractivity contribution in [2.24, 2.45) is 0 Å². The summed E-state index contributed by atoms with van der Waals surface area (Å²) < 4.78 is 28.4. The van der Waals surface area contributed by atoms with Crippen molar-refractivity contribution in [1.29, 1.82) is 0 Å². The molecule has 2 aliphatic rings. The van der Waals surface area contributed by atoms with E-state index in [1.807, 2.05) is 11.0 Å². The molecule has 0 unspecified atom stereocenters. The van der Waals surface area contributed by atoms with Crippen LogP contribution < -0.4 is 9.62 Å². The van der Waals surface area contributed by atoms with E-state index in [0.717, 1.165) is 64.0 Å². The standard InChI is InChI=1S/C22H25Cl2N3O3S/c23-16-6-8-19(24)21(14-16)31(29,30)25-17-7-9-20(26-10-4-5-11-26)18(15-17)22(28)27-12-2-1-3-13-27/h6-9,14-15,25H,1-5,10-13H2. The van der Waals surface area contributed by atoms with E-state index in [-0.39, 0.29) is 20.8 Å². The summed E-state index contributed by atoms with van der Waals surface area (Å²) in [5, 5.41) is 0.352. The van der Waals surface area contributed by atoms with Crippen molar-refractivity contribution in [1.82, 2.24) is 4.90 Å². The maximum atomic E-state index is 13.3. The van der Waals surface area contributed by atoms with Crippen LogP contribution in [0.25, 0.3) is 0 Å². The van der Waals surface area contributed by atoms with Gasteiger partial charge in [0, 0.05) is 42.6 Å². The summed E-state index contributed by atoms with van der Waals surface area (Å²) in [6.45, 7) is 3.24. The second-order valence-electron chi connectivity index (χ2n) is 7.96. The van der Waals surface area contributed by atoms with E-state index in [9.17, 15) is 13.2 Å². The van der Waals surface area contributed by atoms with E-state index in [4.69, 9.17) is 23.2 Å². The Morgan fingerprint density at radius 3 is 2.26 bits per heavy atom. The van der Waals surface area contributed by atoms with Crippen molar-refractivity contribution in [3.63, 3.8) is 0 Å². The van der Waals surface area contributed by atoms with Crippen molar-refractivity contribution < 1.29 is 13.2 Å². The van der Waals surface area contributed by atoms with E-state index in [1.54, 1.807) is 12.1 Å². The fourth-order valence-corrected chi connectivity index (χ4v) is 5.98. The monoisotopic (exact) mass is 481 g/mol. The van der Waals surface area contributed by atoms with Crippen molar-refractivity contribution in [3.05, 3.63) is 52.0 Å². The van der Waals surface area contributed by atoms with E-state index in [0.29, 0.717) is 11.3 Å². The molecule has 4 rings (SSSR count). The molecule has 166 valence electrons. The molecule has 2 fully saturated rings. The highest BCUT2D eigenvalue weighted by atomic mass is 35.5. The Labute approximate surface area is 193 Å². The van der Waals surface area contributed by atoms with Crippen LogP contribution >= 0.6 is 23.2 Å². The van der Waals surface area contributed by atoms with E-state index in [2.05, 4.69) is 9.62 Å². The van der Waals surface area contributed by atoms with Gasteiger partial charge in [-0.2, -0.15) is 0 Å². The predicted molar refractivity (Wildman–Crippen MR) is 125 cm³/mol. The van der Waals surface area contributed by atoms with Gasteiger partial charge in [0.15, 0.2) is 0 Å². The number of likely N-dealkylation sites (tertiary alicyclic amines) is 1. The molecular formula is C22H25Cl2N3O3S. The number of piperidine rings is 1. The number of nitrogens with zero attached hydrogens (tertiary/aromatic N) is 2. The van der Waals surface area contributed by atoms with E-state index < -0.39 is 10.0 Å². The Morgan fingerprint density at radius 2 is 1.55 bits per heavy atom. The number of hydrogen-bond acceptors (Lipinski definition) is 4. The van der Waals surface area contributed by atoms with Gasteiger partial charge in [0.2, 0.25) is 0 Å². The number of benzene rings is 2. The Hall–Kier alpha value is -1.96. The molecule has 0 aliphatic carbocycles. The summed E-state index contributed by atoms with van der Waals surface area (Å²) in [4.78, 5) is 17.3. The number of anilines is 2. The number of carbonyl (C=O) groups excluding carboxylic acids is 1. The van der Waals surface area contributed by atoms with Crippen molar-refractivity contribution in [2.45, 2.75) is 37.0 Å². The number of rotatable bonds is 5. The molecule has 0 aromatic heterocycles. The van der Waals surface area contributed by atoms with Gasteiger partial charge >= 0.3 is 0 Å². The van der Waals surface area contributed by atoms with E-state index in [1.165, 1.54) is 18.2 Å². The quantitative estimate of drug-likeness (QED) is 0.650. The zero-order valence-corrected chi connectivity index (χ0v) is 19.4. The lowest BCUT2D eigenvalue weighted by Gasteiger charge is -2.29. The first-order valence-corrected chi connectivity index (χ1v) is 12.8. The van der Waals surface area contributed by atoms with E-state index >= 15 is 0 Å². The third-order valence-corrected chi connectivity index (χ3v) is 7.85. The van der Waals surface area contributed by atoms with Gasteiger partial charge in [-0.25, -0.2) is 8.42 Å². The van der Waals surface area contributed by atoms with Gasteiger partial charge in [-0.05, 0) is 68.5 Å². The molecule has 2 aromatic rings. The van der Waals surface area contributed by atoms with Crippen LogP contribution in [0.5, 0.6) is 0 Å². The average molecular weight is 482 g/mol. The summed E-state index contributed by atoms with van der Waals surface area (Å²) in [6, 6.07) is 9.45. The number of nitrogens with one attached hydrogen (secondary N) is 1. The minimum Gasteiger partial charge on any atom is -0.371 e. The number of carbonyl (C=O) groups is 1. The molecule has 2 aromatic carbocycles. The van der Waals surface area contributed by atoms with Crippen LogP contribution in [0.1, 0.15) is 42.5 Å². The largest absolute Gasteiger partial charge is 0.371 e. The lowest BCUT2D eigenvalue weighted by atomic mass is 10.1. The van der Waals surface area contributed by atoms with Gasteiger partial charge in [-0.3, -0.25) is 9.52 Å². The van der Waals surface area contributed by atoms with Gasteiger partial charge in [0.1, 0.15) is 4.90 Å². The fraction of sp³-hybridized carbons (Fsp3) is 0.409. The van der Waals surface area contributed by atoms with Gasteiger partial charge in [0.05, 0.1) is 10.6 Å². The molecule has 2 heterocycles. The summed E-state index contributed by atoms with van der Waals surface area (Å²) in [7, 11) is -3.97. The smallest absolute Gasteiger partial charge is 0.263 e. The van der Waals surface area contributed by atoms with Crippen LogP contribution in [-0.4, -0.2) is 45.4 Å². The van der Waals surface area contributed by atoms with Crippen LogP contribution in [-0.2, 0) is 10.0 Å². The third kappa shape index (κ3) is 4.94. The molecule has 0 bridgehead atoms. The zero-order valence-electron chi connectivity index (χ0n) is 17.1. The van der Waals surface area contributed by atoms with Crippen molar-refractivity contribution in [2.75, 3.05) is 35.8 Å². The second-order valence-corrected chi connectivity index (χ2v) is 10.5. The average Bonchev–Trinajstić information content (AvgIpc) is 3.30. The van der Waals surface area contributed by atoms with Gasteiger partial charge < -0.3 is 9.80 Å². The second kappa shape index (κ2) is 9.27. The first-order valence-electron chi connectivity index (χ1n) is 10.5. The van der Waals surface area contributed by atoms with Gasteiger partial charge in [0.25, 0.3) is 15.9 Å². The molecule has 31 heavy (non-hydrogen) atoms. The number of sulfonamides is 1. The molecule has 9 heteroatoms. The summed E-state index contributed by atoms with van der Waals surface area (Å²) in [6.07, 6.45) is 5.27. The predicted octanol–water partition coefficient (Wildman–Crippen LogP) is 5.02. The highest BCUT2D eigenvalue weighted by Gasteiger charge is 2.26. The maximum absolute atomic E-state index is 13.3. The topological polar surface area (TPSA) is 69.7 Å². The lowest BCUT2D eigenvalue weighted by molar-refractivity contribution is 0.0725. The molecule has 1 N–H and O–H groups in total. The maximum Gasteiger partial charge on any atom is 0.263 e. The van der Waals surface area contributed by atoms with Crippen LogP contribution in [0, 0.1) is 0 Å². The van der Waals surface area contributed by atoms with Crippen LogP contribution in [0.3, 0.4) is 0 Å². The molecule has 0 spiro atoms. The van der Waals surface area contributed by atoms with Gasteiger partial charge in [-0.1, -0.05) is 23.2 Å². The normalized spacial score (nSPS) is 17.1. The van der Waals surface area contributed by atoms with Crippen LogP contribution in [0.4, 0.5) is 11.4 Å². The molecule has 2 aliphatic heterocycles. The summed E-state index contributed by atoms with van der Waals surface area (Å²) in [5.41, 5.74) is 1.71. The molecule has 6 nitrogen and oxygen atoms in total. The molecule has 0 saturated carbocycles. The SMILES string of the molecule is O=C(c1cc(NS(=O)(=O)c2cc(Cl)ccc2Cl)ccc1N1CCCC1)N1CCCCC1. The Bertz CT molecular complexity index is 1080. The highest BCUT2D eigenvalue weighted by molar-refractivity contribution is 7.92. The number of halogens is 2.